The normalized spacial score (nSPS) is 28.2. The predicted octanol–water partition coefficient (Wildman–Crippen LogP) is 4.39. The van der Waals surface area contributed by atoms with Gasteiger partial charge in [0.1, 0.15) is 5.60 Å². The first kappa shape index (κ1) is 17.6. The molecule has 0 bridgehead atoms. The highest BCUT2D eigenvalue weighted by atomic mass is 16.6. The van der Waals surface area contributed by atoms with Crippen molar-refractivity contribution in [1.29, 1.82) is 0 Å². The Kier molecular flexibility index (Phi) is 4.63. The van der Waals surface area contributed by atoms with E-state index in [-0.39, 0.29) is 12.1 Å². The molecule has 25 heavy (non-hydrogen) atoms. The van der Waals surface area contributed by atoms with E-state index in [0.29, 0.717) is 17.8 Å². The number of nitrogens with one attached hydrogen (secondary N) is 1. The zero-order chi connectivity index (χ0) is 18.2. The van der Waals surface area contributed by atoms with Gasteiger partial charge in [-0.2, -0.15) is 0 Å². The molecule has 0 aliphatic heterocycles. The van der Waals surface area contributed by atoms with Gasteiger partial charge >= 0.3 is 6.09 Å². The summed E-state index contributed by atoms with van der Waals surface area (Å²) in [5, 5.41) is 3.00. The molecule has 0 heterocycles. The molecule has 4 nitrogen and oxygen atoms in total. The molecule has 2 aliphatic carbocycles. The van der Waals surface area contributed by atoms with Crippen LogP contribution in [0.15, 0.2) is 42.5 Å². The van der Waals surface area contributed by atoms with E-state index in [4.69, 9.17) is 10.5 Å². The van der Waals surface area contributed by atoms with Crippen molar-refractivity contribution in [1.82, 2.24) is 5.32 Å². The summed E-state index contributed by atoms with van der Waals surface area (Å²) in [5.41, 5.74) is 8.59. The van der Waals surface area contributed by atoms with Crippen molar-refractivity contribution in [2.45, 2.75) is 45.8 Å². The molecule has 2 unspecified atom stereocenters. The molecule has 3 rings (SSSR count). The van der Waals surface area contributed by atoms with E-state index < -0.39 is 5.60 Å². The molecule has 0 saturated heterocycles. The average molecular weight is 340 g/mol. The molecule has 2 aliphatic rings. The largest absolute Gasteiger partial charge is 0.444 e. The Bertz CT molecular complexity index is 715. The fourth-order valence-electron chi connectivity index (χ4n) is 3.55. The maximum Gasteiger partial charge on any atom is 0.407 e. The molecule has 1 amide bonds. The smallest absolute Gasteiger partial charge is 0.407 e. The summed E-state index contributed by atoms with van der Waals surface area (Å²) in [6, 6.07) is 8.20. The van der Waals surface area contributed by atoms with Crippen molar-refractivity contribution in [3.8, 4) is 0 Å². The van der Waals surface area contributed by atoms with Crippen LogP contribution < -0.4 is 11.1 Å². The van der Waals surface area contributed by atoms with Gasteiger partial charge < -0.3 is 15.8 Å². The molecule has 4 heteroatoms. The molecule has 0 spiro atoms. The summed E-state index contributed by atoms with van der Waals surface area (Å²) in [5.74, 6) is 1.36. The standard InChI is InChI=1S/C21H28N2O2/c1-13-10-15(14-6-5-7-16(22)11-14)8-9-17(13)18-12-19(18)23-20(24)25-21(2,3)4/h5-11,13,17-19H,12,22H2,1-4H3,(H,23,24)/t13?,17?,18-,19+/m1/s1. The summed E-state index contributed by atoms with van der Waals surface area (Å²) >= 11 is 0. The monoisotopic (exact) mass is 340 g/mol. The van der Waals surface area contributed by atoms with Crippen LogP contribution in [-0.2, 0) is 4.74 Å². The number of anilines is 1. The number of nitrogen functional groups attached to an aromatic ring is 1. The summed E-state index contributed by atoms with van der Waals surface area (Å²) in [6.07, 6.45) is 7.47. The number of allylic oxidation sites excluding steroid dienone is 4. The molecular weight excluding hydrogens is 312 g/mol. The highest BCUT2D eigenvalue weighted by Gasteiger charge is 2.45. The number of carbonyl (C=O) groups is 1. The number of hydrogen-bond acceptors (Lipinski definition) is 3. The third-order valence-corrected chi connectivity index (χ3v) is 4.80. The van der Waals surface area contributed by atoms with E-state index >= 15 is 0 Å². The quantitative estimate of drug-likeness (QED) is 0.802. The van der Waals surface area contributed by atoms with Gasteiger partial charge in [-0.25, -0.2) is 4.79 Å². The lowest BCUT2D eigenvalue weighted by molar-refractivity contribution is 0.0519. The molecule has 1 fully saturated rings. The van der Waals surface area contributed by atoms with Crippen molar-refractivity contribution in [2.24, 2.45) is 17.8 Å². The Morgan fingerprint density at radius 1 is 1.32 bits per heavy atom. The van der Waals surface area contributed by atoms with Crippen LogP contribution in [0, 0.1) is 17.8 Å². The topological polar surface area (TPSA) is 64.3 Å². The van der Waals surface area contributed by atoms with Crippen molar-refractivity contribution in [3.05, 3.63) is 48.1 Å². The fourth-order valence-corrected chi connectivity index (χ4v) is 3.55. The first-order valence-electron chi connectivity index (χ1n) is 8.98. The van der Waals surface area contributed by atoms with Crippen LogP contribution in [0.5, 0.6) is 0 Å². The lowest BCUT2D eigenvalue weighted by Crippen LogP contribution is -2.35. The van der Waals surface area contributed by atoms with E-state index in [1.54, 1.807) is 0 Å². The Hall–Kier alpha value is -2.23. The lowest BCUT2D eigenvalue weighted by Gasteiger charge is -2.24. The average Bonchev–Trinajstić information content (AvgIpc) is 3.23. The summed E-state index contributed by atoms with van der Waals surface area (Å²) in [4.78, 5) is 11.9. The molecule has 3 N–H and O–H groups in total. The van der Waals surface area contributed by atoms with Crippen molar-refractivity contribution in [2.75, 3.05) is 5.73 Å². The predicted molar refractivity (Wildman–Crippen MR) is 102 cm³/mol. The van der Waals surface area contributed by atoms with Gasteiger partial charge in [-0.05, 0) is 68.2 Å². The van der Waals surface area contributed by atoms with Gasteiger partial charge in [-0.3, -0.25) is 0 Å². The van der Waals surface area contributed by atoms with Gasteiger partial charge in [0, 0.05) is 11.7 Å². The zero-order valence-electron chi connectivity index (χ0n) is 15.5. The van der Waals surface area contributed by atoms with Gasteiger partial charge in [0.05, 0.1) is 0 Å². The van der Waals surface area contributed by atoms with Crippen molar-refractivity contribution >= 4 is 17.4 Å². The van der Waals surface area contributed by atoms with Gasteiger partial charge in [0.2, 0.25) is 0 Å². The number of carbonyl (C=O) groups excluding carboxylic acids is 1. The first-order chi connectivity index (χ1) is 11.7. The Morgan fingerprint density at radius 2 is 2.08 bits per heavy atom. The molecule has 0 aromatic heterocycles. The Balaban J connectivity index is 1.58. The summed E-state index contributed by atoms with van der Waals surface area (Å²) in [7, 11) is 0. The first-order valence-corrected chi connectivity index (χ1v) is 8.98. The second-order valence-electron chi connectivity index (χ2n) is 8.20. The van der Waals surface area contributed by atoms with Crippen LogP contribution in [0.2, 0.25) is 0 Å². The van der Waals surface area contributed by atoms with Crippen LogP contribution in [-0.4, -0.2) is 17.7 Å². The minimum atomic E-state index is -0.457. The minimum absolute atomic E-state index is 0.217. The van der Waals surface area contributed by atoms with Crippen LogP contribution in [0.1, 0.15) is 39.7 Å². The second-order valence-corrected chi connectivity index (χ2v) is 8.20. The minimum Gasteiger partial charge on any atom is -0.444 e. The summed E-state index contributed by atoms with van der Waals surface area (Å²) < 4.78 is 5.35. The summed E-state index contributed by atoms with van der Waals surface area (Å²) in [6.45, 7) is 7.88. The number of alkyl carbamates (subject to hydrolysis) is 1. The fraction of sp³-hybridized carbons (Fsp3) is 0.476. The number of benzene rings is 1. The molecule has 1 aromatic rings. The van der Waals surface area contributed by atoms with Gasteiger partial charge in [-0.1, -0.05) is 37.3 Å². The molecule has 1 saturated carbocycles. The molecule has 0 radical (unpaired) electrons. The van der Waals surface area contributed by atoms with E-state index in [0.717, 1.165) is 17.7 Å². The molecule has 134 valence electrons. The third kappa shape index (κ3) is 4.44. The molecule has 1 aromatic carbocycles. The number of rotatable bonds is 3. The van der Waals surface area contributed by atoms with Crippen LogP contribution in [0.3, 0.4) is 0 Å². The molecule has 4 atom stereocenters. The highest BCUT2D eigenvalue weighted by Crippen LogP contribution is 2.45. The van der Waals surface area contributed by atoms with Crippen LogP contribution in [0.25, 0.3) is 5.57 Å². The van der Waals surface area contributed by atoms with Gasteiger partial charge in [0.25, 0.3) is 0 Å². The SMILES string of the molecule is CC1C=C(c2cccc(N)c2)C=CC1[C@H]1C[C@@H]1NC(=O)OC(C)(C)C. The third-order valence-electron chi connectivity index (χ3n) is 4.80. The highest BCUT2D eigenvalue weighted by molar-refractivity contribution is 5.77. The van der Waals surface area contributed by atoms with E-state index in [1.165, 1.54) is 5.57 Å². The van der Waals surface area contributed by atoms with E-state index in [1.807, 2.05) is 39.0 Å². The number of ether oxygens (including phenoxy) is 1. The van der Waals surface area contributed by atoms with Gasteiger partial charge in [0.15, 0.2) is 0 Å². The van der Waals surface area contributed by atoms with Gasteiger partial charge in [-0.15, -0.1) is 0 Å². The number of hydrogen-bond donors (Lipinski definition) is 2. The van der Waals surface area contributed by atoms with Crippen molar-refractivity contribution in [3.63, 3.8) is 0 Å². The lowest BCUT2D eigenvalue weighted by atomic mass is 9.82. The van der Waals surface area contributed by atoms with E-state index in [9.17, 15) is 4.79 Å². The maximum absolute atomic E-state index is 11.9. The van der Waals surface area contributed by atoms with Crippen molar-refractivity contribution < 1.29 is 9.53 Å². The number of amides is 1. The Morgan fingerprint density at radius 3 is 2.72 bits per heavy atom. The Labute approximate surface area is 150 Å². The number of nitrogens with two attached hydrogens (primary N) is 1. The zero-order valence-corrected chi connectivity index (χ0v) is 15.5. The second kappa shape index (κ2) is 6.58. The maximum atomic E-state index is 11.9. The molecular formula is C21H28N2O2. The van der Waals surface area contributed by atoms with Crippen LogP contribution in [0.4, 0.5) is 10.5 Å². The van der Waals surface area contributed by atoms with Crippen LogP contribution >= 0.6 is 0 Å². The van der Waals surface area contributed by atoms with E-state index in [2.05, 4.69) is 36.5 Å².